The van der Waals surface area contributed by atoms with Crippen LogP contribution in [0.3, 0.4) is 0 Å². The molecule has 0 saturated heterocycles. The van der Waals surface area contributed by atoms with Gasteiger partial charge in [0.15, 0.2) is 0 Å². The number of rotatable bonds is 9. The SMILES string of the molecule is CNS(=O)(=O)c1cc(NS(=O)(=O)c2ccc(OCCOC)cc2)ccc1C. The summed E-state index contributed by atoms with van der Waals surface area (Å²) in [6.07, 6.45) is 0. The molecule has 0 aromatic heterocycles. The molecular weight excluding hydrogens is 392 g/mol. The molecule has 0 fully saturated rings. The van der Waals surface area contributed by atoms with Gasteiger partial charge in [-0.25, -0.2) is 21.6 Å². The molecule has 0 heterocycles. The topological polar surface area (TPSA) is 111 Å². The molecule has 0 radical (unpaired) electrons. The fourth-order valence-corrected chi connectivity index (χ4v) is 4.28. The number of methoxy groups -OCH3 is 1. The van der Waals surface area contributed by atoms with E-state index in [1.165, 1.54) is 49.5 Å². The molecule has 2 N–H and O–H groups in total. The highest BCUT2D eigenvalue weighted by Crippen LogP contribution is 2.23. The van der Waals surface area contributed by atoms with Gasteiger partial charge in [-0.05, 0) is 55.9 Å². The van der Waals surface area contributed by atoms with Crippen molar-refractivity contribution in [3.8, 4) is 5.75 Å². The van der Waals surface area contributed by atoms with Gasteiger partial charge < -0.3 is 9.47 Å². The maximum Gasteiger partial charge on any atom is 0.261 e. The third-order valence-corrected chi connectivity index (χ3v) is 6.64. The summed E-state index contributed by atoms with van der Waals surface area (Å²) >= 11 is 0. The second-order valence-electron chi connectivity index (χ2n) is 5.61. The molecule has 0 bridgehead atoms. The van der Waals surface area contributed by atoms with E-state index in [2.05, 4.69) is 9.44 Å². The van der Waals surface area contributed by atoms with Crippen LogP contribution in [-0.4, -0.2) is 44.2 Å². The van der Waals surface area contributed by atoms with Gasteiger partial charge in [0.2, 0.25) is 10.0 Å². The van der Waals surface area contributed by atoms with Crippen LogP contribution < -0.4 is 14.2 Å². The summed E-state index contributed by atoms with van der Waals surface area (Å²) in [5.41, 5.74) is 0.653. The van der Waals surface area contributed by atoms with Crippen molar-refractivity contribution in [2.24, 2.45) is 0 Å². The number of sulfonamides is 2. The van der Waals surface area contributed by atoms with Crippen LogP contribution in [0.25, 0.3) is 0 Å². The van der Waals surface area contributed by atoms with Gasteiger partial charge in [0.1, 0.15) is 12.4 Å². The molecule has 27 heavy (non-hydrogen) atoms. The van der Waals surface area contributed by atoms with Crippen molar-refractivity contribution in [2.75, 3.05) is 32.1 Å². The number of aryl methyl sites for hydroxylation is 1. The predicted molar refractivity (Wildman–Crippen MR) is 102 cm³/mol. The molecule has 0 unspecified atom stereocenters. The third-order valence-electron chi connectivity index (χ3n) is 3.69. The van der Waals surface area contributed by atoms with E-state index in [0.717, 1.165) is 0 Å². The first-order chi connectivity index (χ1) is 12.7. The molecule has 0 aliphatic rings. The molecule has 10 heteroatoms. The van der Waals surface area contributed by atoms with E-state index in [1.54, 1.807) is 14.0 Å². The van der Waals surface area contributed by atoms with Crippen molar-refractivity contribution < 1.29 is 26.3 Å². The molecule has 148 valence electrons. The maximum absolute atomic E-state index is 12.6. The Hall–Kier alpha value is -2.14. The molecule has 2 aromatic carbocycles. The largest absolute Gasteiger partial charge is 0.491 e. The first kappa shape index (κ1) is 21.2. The zero-order valence-electron chi connectivity index (χ0n) is 15.2. The average molecular weight is 415 g/mol. The van der Waals surface area contributed by atoms with Crippen molar-refractivity contribution in [1.29, 1.82) is 0 Å². The summed E-state index contributed by atoms with van der Waals surface area (Å²) in [6.45, 7) is 2.41. The number of nitrogens with one attached hydrogen (secondary N) is 2. The molecule has 2 rings (SSSR count). The lowest BCUT2D eigenvalue weighted by molar-refractivity contribution is 0.146. The van der Waals surface area contributed by atoms with Crippen molar-refractivity contribution in [1.82, 2.24) is 4.72 Å². The van der Waals surface area contributed by atoms with E-state index in [-0.39, 0.29) is 15.5 Å². The number of hydrogen-bond acceptors (Lipinski definition) is 6. The quantitative estimate of drug-likeness (QED) is 0.605. The Morgan fingerprint density at radius 3 is 2.19 bits per heavy atom. The minimum atomic E-state index is -3.88. The van der Waals surface area contributed by atoms with Gasteiger partial charge in [-0.2, -0.15) is 0 Å². The summed E-state index contributed by atoms with van der Waals surface area (Å²) in [6, 6.07) is 10.2. The lowest BCUT2D eigenvalue weighted by atomic mass is 10.2. The van der Waals surface area contributed by atoms with Crippen molar-refractivity contribution in [2.45, 2.75) is 16.7 Å². The van der Waals surface area contributed by atoms with Crippen LogP contribution in [0.5, 0.6) is 5.75 Å². The monoisotopic (exact) mass is 414 g/mol. The molecule has 2 aromatic rings. The molecule has 0 aliphatic heterocycles. The average Bonchev–Trinajstić information content (AvgIpc) is 2.63. The van der Waals surface area contributed by atoms with Gasteiger partial charge in [-0.1, -0.05) is 6.07 Å². The highest BCUT2D eigenvalue weighted by atomic mass is 32.2. The Labute approximate surface area is 159 Å². The number of anilines is 1. The van der Waals surface area contributed by atoms with E-state index in [9.17, 15) is 16.8 Å². The predicted octanol–water partition coefficient (Wildman–Crippen LogP) is 1.73. The fourth-order valence-electron chi connectivity index (χ4n) is 2.23. The van der Waals surface area contributed by atoms with E-state index in [0.29, 0.717) is 24.5 Å². The van der Waals surface area contributed by atoms with Crippen LogP contribution in [0.2, 0.25) is 0 Å². The molecule has 0 atom stereocenters. The van der Waals surface area contributed by atoms with Gasteiger partial charge in [0, 0.05) is 7.11 Å². The Morgan fingerprint density at radius 2 is 1.59 bits per heavy atom. The molecule has 0 aliphatic carbocycles. The van der Waals surface area contributed by atoms with Crippen LogP contribution in [0.4, 0.5) is 5.69 Å². The number of benzene rings is 2. The van der Waals surface area contributed by atoms with Gasteiger partial charge >= 0.3 is 0 Å². The summed E-state index contributed by atoms with van der Waals surface area (Å²) in [7, 11) is -4.73. The van der Waals surface area contributed by atoms with Crippen LogP contribution in [0, 0.1) is 6.92 Å². The van der Waals surface area contributed by atoms with Crippen LogP contribution in [-0.2, 0) is 24.8 Å². The first-order valence-corrected chi connectivity index (χ1v) is 10.9. The highest BCUT2D eigenvalue weighted by Gasteiger charge is 2.18. The Bertz CT molecular complexity index is 987. The summed E-state index contributed by atoms with van der Waals surface area (Å²) in [5, 5.41) is 0. The van der Waals surface area contributed by atoms with Gasteiger partial charge in [0.25, 0.3) is 10.0 Å². The molecule has 8 nitrogen and oxygen atoms in total. The minimum absolute atomic E-state index is 0.00657. The van der Waals surface area contributed by atoms with Crippen LogP contribution in [0.15, 0.2) is 52.3 Å². The van der Waals surface area contributed by atoms with E-state index in [1.807, 2.05) is 0 Å². The fraction of sp³-hybridized carbons (Fsp3) is 0.294. The Balaban J connectivity index is 2.22. The molecule has 0 amide bonds. The first-order valence-electron chi connectivity index (χ1n) is 7.98. The van der Waals surface area contributed by atoms with Crippen LogP contribution >= 0.6 is 0 Å². The molecular formula is C17H22N2O6S2. The van der Waals surface area contributed by atoms with E-state index < -0.39 is 20.0 Å². The maximum atomic E-state index is 12.6. The zero-order chi connectivity index (χ0) is 20.1. The van der Waals surface area contributed by atoms with E-state index in [4.69, 9.17) is 9.47 Å². The lowest BCUT2D eigenvalue weighted by Gasteiger charge is -2.12. The van der Waals surface area contributed by atoms with Gasteiger partial charge in [-0.15, -0.1) is 0 Å². The second-order valence-corrected chi connectivity index (χ2v) is 9.14. The molecule has 0 saturated carbocycles. The van der Waals surface area contributed by atoms with Crippen molar-refractivity contribution in [3.63, 3.8) is 0 Å². The normalized spacial score (nSPS) is 12.0. The molecule has 0 spiro atoms. The Morgan fingerprint density at radius 1 is 0.926 bits per heavy atom. The van der Waals surface area contributed by atoms with Crippen molar-refractivity contribution in [3.05, 3.63) is 48.0 Å². The summed E-state index contributed by atoms with van der Waals surface area (Å²) < 4.78 is 64.1. The standard InChI is InChI=1S/C17H22N2O6S2/c1-13-4-5-14(12-17(13)27(22,23)18-2)19-26(20,21)16-8-6-15(7-9-16)25-11-10-24-3/h4-9,12,18-19H,10-11H2,1-3H3. The lowest BCUT2D eigenvalue weighted by Crippen LogP contribution is -2.20. The van der Waals surface area contributed by atoms with Gasteiger partial charge in [0.05, 0.1) is 22.1 Å². The summed E-state index contributed by atoms with van der Waals surface area (Å²) in [4.78, 5) is 0.0345. The third kappa shape index (κ3) is 5.42. The highest BCUT2D eigenvalue weighted by molar-refractivity contribution is 7.92. The zero-order valence-corrected chi connectivity index (χ0v) is 16.9. The smallest absolute Gasteiger partial charge is 0.261 e. The Kier molecular flexibility index (Phi) is 6.82. The van der Waals surface area contributed by atoms with Crippen LogP contribution in [0.1, 0.15) is 5.56 Å². The summed E-state index contributed by atoms with van der Waals surface area (Å²) in [5.74, 6) is 0.517. The van der Waals surface area contributed by atoms with Crippen molar-refractivity contribution >= 4 is 25.7 Å². The minimum Gasteiger partial charge on any atom is -0.491 e. The second kappa shape index (κ2) is 8.70. The number of ether oxygens (including phenoxy) is 2. The number of hydrogen-bond donors (Lipinski definition) is 2. The van der Waals surface area contributed by atoms with Gasteiger partial charge in [-0.3, -0.25) is 4.72 Å². The van der Waals surface area contributed by atoms with E-state index >= 15 is 0 Å².